The lowest BCUT2D eigenvalue weighted by molar-refractivity contribution is 0.0955. The molecule has 2 aromatic rings. The molecule has 0 unspecified atom stereocenters. The number of fused-ring (bicyclic) bond motifs is 2. The second-order valence-corrected chi connectivity index (χ2v) is 5.85. The Kier molecular flexibility index (Phi) is 3.10. The minimum absolute atomic E-state index is 0.00420. The van der Waals surface area contributed by atoms with Crippen molar-refractivity contribution in [1.29, 1.82) is 0 Å². The van der Waals surface area contributed by atoms with Crippen LogP contribution in [-0.4, -0.2) is 21.2 Å². The molecule has 6 heteroatoms. The van der Waals surface area contributed by atoms with E-state index >= 15 is 0 Å². The van der Waals surface area contributed by atoms with Crippen molar-refractivity contribution in [2.75, 3.05) is 5.32 Å². The van der Waals surface area contributed by atoms with Gasteiger partial charge in [0.05, 0.1) is 17.3 Å². The van der Waals surface area contributed by atoms with Crippen LogP contribution >= 0.6 is 0 Å². The summed E-state index contributed by atoms with van der Waals surface area (Å²) in [5, 5.41) is 2.87. The molecule has 0 aromatic carbocycles. The van der Waals surface area contributed by atoms with Crippen LogP contribution in [0.25, 0.3) is 0 Å². The highest BCUT2D eigenvalue weighted by Crippen LogP contribution is 2.27. The van der Waals surface area contributed by atoms with E-state index in [1.165, 1.54) is 6.26 Å². The standard InChI is InChI=1S/C16H17N3O3/c20-11-4-3-5-12-15(11)10(9-22-12)16(21)18-14-8-17-13-6-1-2-7-19(13)14/h8-9H,1-7H2,(H,18,21). The molecule has 3 heterocycles. The average molecular weight is 299 g/mol. The minimum Gasteiger partial charge on any atom is -0.468 e. The van der Waals surface area contributed by atoms with Crippen molar-refractivity contribution in [2.24, 2.45) is 0 Å². The van der Waals surface area contributed by atoms with E-state index in [1.54, 1.807) is 6.20 Å². The van der Waals surface area contributed by atoms with E-state index in [-0.39, 0.29) is 11.7 Å². The maximum atomic E-state index is 12.5. The number of Topliss-reactive ketones (excluding diaryl/α,β-unsaturated/α-hetero) is 1. The van der Waals surface area contributed by atoms with E-state index < -0.39 is 0 Å². The molecule has 0 atom stereocenters. The van der Waals surface area contributed by atoms with Crippen LogP contribution in [0.5, 0.6) is 0 Å². The highest BCUT2D eigenvalue weighted by molar-refractivity contribution is 6.13. The molecule has 0 saturated heterocycles. The first kappa shape index (κ1) is 13.3. The summed E-state index contributed by atoms with van der Waals surface area (Å²) in [6, 6.07) is 0. The Hall–Kier alpha value is -2.37. The number of ketones is 1. The summed E-state index contributed by atoms with van der Waals surface area (Å²) in [6.45, 7) is 0.868. The molecule has 0 fully saturated rings. The predicted molar refractivity (Wildman–Crippen MR) is 79.1 cm³/mol. The largest absolute Gasteiger partial charge is 0.468 e. The quantitative estimate of drug-likeness (QED) is 0.924. The Labute approximate surface area is 127 Å². The van der Waals surface area contributed by atoms with Gasteiger partial charge < -0.3 is 14.3 Å². The van der Waals surface area contributed by atoms with E-state index in [4.69, 9.17) is 4.42 Å². The van der Waals surface area contributed by atoms with Crippen molar-refractivity contribution in [3.05, 3.63) is 35.2 Å². The van der Waals surface area contributed by atoms with Gasteiger partial charge in [0, 0.05) is 25.8 Å². The van der Waals surface area contributed by atoms with Gasteiger partial charge in [0.15, 0.2) is 5.78 Å². The molecule has 1 N–H and O–H groups in total. The summed E-state index contributed by atoms with van der Waals surface area (Å²) in [6.07, 6.45) is 8.24. The molecule has 114 valence electrons. The lowest BCUT2D eigenvalue weighted by atomic mass is 9.94. The number of furan rings is 1. The van der Waals surface area contributed by atoms with Gasteiger partial charge in [0.25, 0.3) is 5.91 Å². The summed E-state index contributed by atoms with van der Waals surface area (Å²) in [4.78, 5) is 28.9. The Bertz CT molecular complexity index is 757. The van der Waals surface area contributed by atoms with Crippen LogP contribution in [0.15, 0.2) is 16.9 Å². The number of aryl methyl sites for hydroxylation is 2. The van der Waals surface area contributed by atoms with Gasteiger partial charge in [0.1, 0.15) is 23.7 Å². The van der Waals surface area contributed by atoms with Crippen molar-refractivity contribution < 1.29 is 14.0 Å². The SMILES string of the molecule is O=C(Nc1cnc2n1CCCC2)c1coc2c1C(=O)CCC2. The highest BCUT2D eigenvalue weighted by Gasteiger charge is 2.28. The van der Waals surface area contributed by atoms with Crippen molar-refractivity contribution in [2.45, 2.75) is 45.1 Å². The summed E-state index contributed by atoms with van der Waals surface area (Å²) >= 11 is 0. The number of carbonyl (C=O) groups excluding carboxylic acids is 2. The Balaban J connectivity index is 1.62. The number of carbonyl (C=O) groups is 2. The number of imidazole rings is 1. The normalized spacial score (nSPS) is 17.0. The fraction of sp³-hybridized carbons (Fsp3) is 0.438. The fourth-order valence-electron chi connectivity index (χ4n) is 3.29. The molecule has 2 aliphatic rings. The summed E-state index contributed by atoms with van der Waals surface area (Å²) < 4.78 is 7.44. The van der Waals surface area contributed by atoms with Crippen LogP contribution in [0.4, 0.5) is 5.82 Å². The fourth-order valence-corrected chi connectivity index (χ4v) is 3.29. The van der Waals surface area contributed by atoms with Crippen LogP contribution in [-0.2, 0) is 19.4 Å². The molecule has 0 radical (unpaired) electrons. The molecule has 22 heavy (non-hydrogen) atoms. The van der Waals surface area contributed by atoms with E-state index in [1.807, 2.05) is 4.57 Å². The van der Waals surface area contributed by atoms with Crippen molar-refractivity contribution in [3.8, 4) is 0 Å². The van der Waals surface area contributed by atoms with Crippen molar-refractivity contribution in [1.82, 2.24) is 9.55 Å². The molecule has 1 amide bonds. The molecule has 0 bridgehead atoms. The number of rotatable bonds is 2. The van der Waals surface area contributed by atoms with Crippen molar-refractivity contribution in [3.63, 3.8) is 0 Å². The van der Waals surface area contributed by atoms with Gasteiger partial charge in [-0.25, -0.2) is 4.98 Å². The molecule has 2 aromatic heterocycles. The topological polar surface area (TPSA) is 77.1 Å². The molecule has 0 saturated carbocycles. The summed E-state index contributed by atoms with van der Waals surface area (Å²) in [5.41, 5.74) is 0.799. The maximum absolute atomic E-state index is 12.5. The number of nitrogens with one attached hydrogen (secondary N) is 1. The molecule has 0 spiro atoms. The number of hydrogen-bond donors (Lipinski definition) is 1. The number of aromatic nitrogens is 2. The van der Waals surface area contributed by atoms with Gasteiger partial charge in [-0.1, -0.05) is 0 Å². The zero-order chi connectivity index (χ0) is 15.1. The smallest absolute Gasteiger partial charge is 0.260 e. The van der Waals surface area contributed by atoms with Crippen LogP contribution in [0.2, 0.25) is 0 Å². The zero-order valence-corrected chi connectivity index (χ0v) is 12.2. The molecule has 4 rings (SSSR count). The first-order valence-corrected chi connectivity index (χ1v) is 7.73. The van der Waals surface area contributed by atoms with Gasteiger partial charge >= 0.3 is 0 Å². The second-order valence-electron chi connectivity index (χ2n) is 5.85. The minimum atomic E-state index is -0.298. The first-order valence-electron chi connectivity index (χ1n) is 7.73. The van der Waals surface area contributed by atoms with E-state index in [0.717, 1.165) is 44.5 Å². The van der Waals surface area contributed by atoms with Crippen LogP contribution in [0.3, 0.4) is 0 Å². The predicted octanol–water partition coefficient (Wildman–Crippen LogP) is 2.58. The third kappa shape index (κ3) is 2.06. The summed E-state index contributed by atoms with van der Waals surface area (Å²) in [7, 11) is 0. The molecule has 1 aliphatic heterocycles. The van der Waals surface area contributed by atoms with Gasteiger partial charge in [-0.15, -0.1) is 0 Å². The lowest BCUT2D eigenvalue weighted by Gasteiger charge is -2.16. The van der Waals surface area contributed by atoms with Crippen LogP contribution in [0.1, 0.15) is 58.0 Å². The highest BCUT2D eigenvalue weighted by atomic mass is 16.3. The number of amides is 1. The molecule has 6 nitrogen and oxygen atoms in total. The van der Waals surface area contributed by atoms with Crippen molar-refractivity contribution >= 4 is 17.5 Å². The third-order valence-corrected chi connectivity index (χ3v) is 4.41. The summed E-state index contributed by atoms with van der Waals surface area (Å²) in [5.74, 6) is 2.03. The Morgan fingerprint density at radius 2 is 2.14 bits per heavy atom. The van der Waals surface area contributed by atoms with Crippen LogP contribution in [0, 0.1) is 0 Å². The third-order valence-electron chi connectivity index (χ3n) is 4.41. The maximum Gasteiger partial charge on any atom is 0.260 e. The van der Waals surface area contributed by atoms with E-state index in [0.29, 0.717) is 29.1 Å². The zero-order valence-electron chi connectivity index (χ0n) is 12.2. The van der Waals surface area contributed by atoms with E-state index in [9.17, 15) is 9.59 Å². The Morgan fingerprint density at radius 1 is 1.23 bits per heavy atom. The average Bonchev–Trinajstić information content (AvgIpc) is 3.13. The van der Waals surface area contributed by atoms with Gasteiger partial charge in [-0.05, 0) is 19.3 Å². The molecular formula is C16H17N3O3. The number of hydrogen-bond acceptors (Lipinski definition) is 4. The van der Waals surface area contributed by atoms with Crippen LogP contribution < -0.4 is 5.32 Å². The number of anilines is 1. The van der Waals surface area contributed by atoms with Gasteiger partial charge in [-0.3, -0.25) is 9.59 Å². The van der Waals surface area contributed by atoms with Gasteiger partial charge in [-0.2, -0.15) is 0 Å². The van der Waals surface area contributed by atoms with Gasteiger partial charge in [0.2, 0.25) is 0 Å². The monoisotopic (exact) mass is 299 g/mol. The first-order chi connectivity index (χ1) is 10.7. The number of nitrogens with zero attached hydrogens (tertiary/aromatic N) is 2. The van der Waals surface area contributed by atoms with E-state index in [2.05, 4.69) is 10.3 Å². The lowest BCUT2D eigenvalue weighted by Crippen LogP contribution is -2.20. The molecular weight excluding hydrogens is 282 g/mol. The Morgan fingerprint density at radius 3 is 3.05 bits per heavy atom. The molecule has 1 aliphatic carbocycles. The second kappa shape index (κ2) is 5.12.